The second-order valence-electron chi connectivity index (χ2n) is 5.41. The standard InChI is InChI=1S/C17H16N4O2/c1-20(2)14-7-3-12(4-8-14)16-11-17(19-18-16)13-5-9-15(10-6-13)21(22)23/h3-11H,1-2H3,(H,18,19). The Labute approximate surface area is 133 Å². The van der Waals surface area contributed by atoms with Crippen LogP contribution in [-0.2, 0) is 0 Å². The quantitative estimate of drug-likeness (QED) is 0.589. The molecule has 0 aliphatic rings. The number of anilines is 1. The first-order valence-electron chi connectivity index (χ1n) is 7.12. The van der Waals surface area contributed by atoms with Crippen LogP contribution in [0.5, 0.6) is 0 Å². The summed E-state index contributed by atoms with van der Waals surface area (Å²) in [6.45, 7) is 0. The lowest BCUT2D eigenvalue weighted by atomic mass is 10.1. The number of nitrogens with zero attached hydrogens (tertiary/aromatic N) is 3. The molecule has 6 nitrogen and oxygen atoms in total. The lowest BCUT2D eigenvalue weighted by Crippen LogP contribution is -2.07. The number of aromatic amines is 1. The van der Waals surface area contributed by atoms with E-state index in [-0.39, 0.29) is 5.69 Å². The van der Waals surface area contributed by atoms with E-state index in [4.69, 9.17) is 0 Å². The maximum Gasteiger partial charge on any atom is 0.269 e. The van der Waals surface area contributed by atoms with Crippen LogP contribution in [0.25, 0.3) is 22.5 Å². The van der Waals surface area contributed by atoms with Crippen molar-refractivity contribution in [1.29, 1.82) is 0 Å². The third-order valence-electron chi connectivity index (χ3n) is 3.65. The van der Waals surface area contributed by atoms with E-state index in [1.807, 2.05) is 49.3 Å². The van der Waals surface area contributed by atoms with Gasteiger partial charge in [-0.25, -0.2) is 0 Å². The predicted octanol–water partition coefficient (Wildman–Crippen LogP) is 3.72. The third-order valence-corrected chi connectivity index (χ3v) is 3.65. The number of hydrogen-bond acceptors (Lipinski definition) is 4. The Morgan fingerprint density at radius 3 is 2.17 bits per heavy atom. The first kappa shape index (κ1) is 14.8. The van der Waals surface area contributed by atoms with Crippen LogP contribution >= 0.6 is 0 Å². The van der Waals surface area contributed by atoms with Crippen LogP contribution in [0.15, 0.2) is 54.6 Å². The molecule has 116 valence electrons. The summed E-state index contributed by atoms with van der Waals surface area (Å²) in [6.07, 6.45) is 0. The molecule has 0 amide bonds. The molecule has 0 saturated heterocycles. The molecule has 0 spiro atoms. The van der Waals surface area contributed by atoms with Crippen LogP contribution in [0.2, 0.25) is 0 Å². The minimum atomic E-state index is -0.408. The van der Waals surface area contributed by atoms with Crippen LogP contribution in [0, 0.1) is 10.1 Å². The first-order chi connectivity index (χ1) is 11.0. The van der Waals surface area contributed by atoms with Gasteiger partial charge in [0, 0.05) is 43.0 Å². The van der Waals surface area contributed by atoms with Crippen molar-refractivity contribution in [1.82, 2.24) is 10.2 Å². The maximum atomic E-state index is 10.7. The van der Waals surface area contributed by atoms with Crippen LogP contribution in [-0.4, -0.2) is 29.2 Å². The largest absolute Gasteiger partial charge is 0.378 e. The van der Waals surface area contributed by atoms with Gasteiger partial charge in [0.25, 0.3) is 5.69 Å². The SMILES string of the molecule is CN(C)c1ccc(-c2cc(-c3ccc([N+](=O)[O-])cc3)[nH]n2)cc1. The number of nitro benzene ring substituents is 1. The van der Waals surface area contributed by atoms with Crippen molar-refractivity contribution in [3.8, 4) is 22.5 Å². The summed E-state index contributed by atoms with van der Waals surface area (Å²) in [5, 5.41) is 18.0. The number of non-ortho nitro benzene ring substituents is 1. The third kappa shape index (κ3) is 3.06. The van der Waals surface area contributed by atoms with E-state index in [1.54, 1.807) is 12.1 Å². The molecule has 0 unspecified atom stereocenters. The normalized spacial score (nSPS) is 10.5. The highest BCUT2D eigenvalue weighted by atomic mass is 16.6. The second-order valence-corrected chi connectivity index (χ2v) is 5.41. The van der Waals surface area contributed by atoms with Gasteiger partial charge < -0.3 is 4.90 Å². The Balaban J connectivity index is 1.86. The Morgan fingerprint density at radius 1 is 1.00 bits per heavy atom. The van der Waals surface area contributed by atoms with Crippen molar-refractivity contribution in [3.05, 3.63) is 64.7 Å². The molecule has 1 heterocycles. The Kier molecular flexibility index (Phi) is 3.80. The number of aromatic nitrogens is 2. The van der Waals surface area contributed by atoms with Gasteiger partial charge in [-0.3, -0.25) is 15.2 Å². The summed E-state index contributed by atoms with van der Waals surface area (Å²) in [4.78, 5) is 12.3. The topological polar surface area (TPSA) is 75.1 Å². The Bertz CT molecular complexity index is 821. The highest BCUT2D eigenvalue weighted by molar-refractivity contribution is 5.70. The Hall–Kier alpha value is -3.15. The minimum absolute atomic E-state index is 0.0766. The van der Waals surface area contributed by atoms with Crippen molar-refractivity contribution in [3.63, 3.8) is 0 Å². The fraction of sp³-hybridized carbons (Fsp3) is 0.118. The molecule has 1 aromatic heterocycles. The number of nitrogens with one attached hydrogen (secondary N) is 1. The molecule has 6 heteroatoms. The van der Waals surface area contributed by atoms with Crippen molar-refractivity contribution in [2.75, 3.05) is 19.0 Å². The molecule has 0 aliphatic heterocycles. The molecule has 0 saturated carbocycles. The van der Waals surface area contributed by atoms with Gasteiger partial charge >= 0.3 is 0 Å². The zero-order valence-corrected chi connectivity index (χ0v) is 12.9. The maximum absolute atomic E-state index is 10.7. The molecule has 0 atom stereocenters. The number of nitro groups is 1. The van der Waals surface area contributed by atoms with Gasteiger partial charge in [0.1, 0.15) is 0 Å². The Morgan fingerprint density at radius 2 is 1.61 bits per heavy atom. The van der Waals surface area contributed by atoms with Crippen molar-refractivity contribution < 1.29 is 4.92 Å². The molecule has 0 bridgehead atoms. The molecule has 0 radical (unpaired) electrons. The molecule has 0 fully saturated rings. The number of benzene rings is 2. The van der Waals surface area contributed by atoms with Gasteiger partial charge in [-0.1, -0.05) is 12.1 Å². The summed E-state index contributed by atoms with van der Waals surface area (Å²) in [7, 11) is 3.99. The van der Waals surface area contributed by atoms with Gasteiger partial charge in [0.2, 0.25) is 0 Å². The van der Waals surface area contributed by atoms with E-state index >= 15 is 0 Å². The summed E-state index contributed by atoms with van der Waals surface area (Å²) >= 11 is 0. The van der Waals surface area contributed by atoms with Gasteiger partial charge in [-0.2, -0.15) is 5.10 Å². The summed E-state index contributed by atoms with van der Waals surface area (Å²) in [5.74, 6) is 0. The summed E-state index contributed by atoms with van der Waals surface area (Å²) < 4.78 is 0. The summed E-state index contributed by atoms with van der Waals surface area (Å²) in [5.41, 5.74) is 4.74. The average Bonchev–Trinajstić information content (AvgIpc) is 3.05. The van der Waals surface area contributed by atoms with Crippen LogP contribution in [0.1, 0.15) is 0 Å². The zero-order chi connectivity index (χ0) is 16.4. The van der Waals surface area contributed by atoms with Crippen LogP contribution in [0.4, 0.5) is 11.4 Å². The summed E-state index contributed by atoms with van der Waals surface area (Å²) in [6, 6.07) is 16.5. The molecule has 0 aliphatic carbocycles. The van der Waals surface area contributed by atoms with Crippen molar-refractivity contribution in [2.45, 2.75) is 0 Å². The average molecular weight is 308 g/mol. The lowest BCUT2D eigenvalue weighted by Gasteiger charge is -2.11. The van der Waals surface area contributed by atoms with Gasteiger partial charge in [-0.05, 0) is 30.3 Å². The highest BCUT2D eigenvalue weighted by Gasteiger charge is 2.09. The monoisotopic (exact) mass is 308 g/mol. The number of rotatable bonds is 4. The van der Waals surface area contributed by atoms with E-state index in [9.17, 15) is 10.1 Å². The minimum Gasteiger partial charge on any atom is -0.378 e. The molecule has 3 aromatic rings. The van der Waals surface area contributed by atoms with E-state index in [2.05, 4.69) is 10.2 Å². The van der Waals surface area contributed by atoms with E-state index in [1.165, 1.54) is 12.1 Å². The number of H-pyrrole nitrogens is 1. The van der Waals surface area contributed by atoms with Gasteiger partial charge in [-0.15, -0.1) is 0 Å². The fourth-order valence-electron chi connectivity index (χ4n) is 2.31. The van der Waals surface area contributed by atoms with Crippen LogP contribution < -0.4 is 4.90 Å². The molecule has 1 N–H and O–H groups in total. The van der Waals surface area contributed by atoms with Crippen LogP contribution in [0.3, 0.4) is 0 Å². The second kappa shape index (κ2) is 5.92. The first-order valence-corrected chi connectivity index (χ1v) is 7.12. The zero-order valence-electron chi connectivity index (χ0n) is 12.9. The van der Waals surface area contributed by atoms with E-state index in [0.29, 0.717) is 0 Å². The molecule has 23 heavy (non-hydrogen) atoms. The van der Waals surface area contributed by atoms with Crippen molar-refractivity contribution >= 4 is 11.4 Å². The number of hydrogen-bond donors (Lipinski definition) is 1. The predicted molar refractivity (Wildman–Crippen MR) is 90.4 cm³/mol. The highest BCUT2D eigenvalue weighted by Crippen LogP contribution is 2.26. The smallest absolute Gasteiger partial charge is 0.269 e. The van der Waals surface area contributed by atoms with Gasteiger partial charge in [0.05, 0.1) is 16.3 Å². The van der Waals surface area contributed by atoms with Crippen molar-refractivity contribution in [2.24, 2.45) is 0 Å². The fourth-order valence-corrected chi connectivity index (χ4v) is 2.31. The molecule has 3 rings (SSSR count). The molecule has 2 aromatic carbocycles. The van der Waals surface area contributed by atoms with E-state index < -0.39 is 4.92 Å². The lowest BCUT2D eigenvalue weighted by molar-refractivity contribution is -0.384. The molecular formula is C17H16N4O2. The van der Waals surface area contributed by atoms with Gasteiger partial charge in [0.15, 0.2) is 0 Å². The molecular weight excluding hydrogens is 292 g/mol. The van der Waals surface area contributed by atoms with E-state index in [0.717, 1.165) is 28.2 Å².